The molecule has 0 spiro atoms. The van der Waals surface area contributed by atoms with E-state index in [9.17, 15) is 20.1 Å². The van der Waals surface area contributed by atoms with Crippen molar-refractivity contribution in [3.63, 3.8) is 0 Å². The summed E-state index contributed by atoms with van der Waals surface area (Å²) in [4.78, 5) is 17.1. The summed E-state index contributed by atoms with van der Waals surface area (Å²) in [6, 6.07) is 31.1. The molecule has 0 saturated heterocycles. The molecule has 0 amide bonds. The number of azo groups is 2. The van der Waals surface area contributed by atoms with Gasteiger partial charge in [0.25, 0.3) is 0 Å². The maximum Gasteiger partial charge on any atom is 0.222 e. The van der Waals surface area contributed by atoms with Crippen LogP contribution in [-0.4, -0.2) is 27.0 Å². The summed E-state index contributed by atoms with van der Waals surface area (Å²) in [5.74, 6) is -0.821. The Labute approximate surface area is 273 Å². The number of phenolic OH excluding ortho intramolecular Hbond substituents is 2. The number of fused-ring (bicyclic) bond motifs is 4. The highest BCUT2D eigenvalue weighted by atomic mass is 35.5. The fourth-order valence-electron chi connectivity index (χ4n) is 5.46. The second-order valence-electron chi connectivity index (χ2n) is 10.9. The normalized spacial score (nSPS) is 12.7. The molecule has 10 heteroatoms. The summed E-state index contributed by atoms with van der Waals surface area (Å²) in [5.41, 5.74) is 5.53. The molecular weight excluding hydrogens is 614 g/mol. The number of carbonyl (C=O) groups is 1. The van der Waals surface area contributed by atoms with E-state index in [1.54, 1.807) is 78.9 Å². The van der Waals surface area contributed by atoms with Gasteiger partial charge in [-0.15, -0.1) is 5.11 Å². The number of aliphatic hydroxyl groups excluding tert-OH is 1. The van der Waals surface area contributed by atoms with Gasteiger partial charge in [-0.3, -0.25) is 4.79 Å². The SMILES string of the molecule is Cc1cc(N=Nc2ccc3c(c2)C(=O)c2cc(O)ccc2-3)ccc1N=Nc1c(O)c(C(O)=Nc2ccccc2Cl)cc2ccccc12. The number of benzene rings is 6. The molecule has 0 atom stereocenters. The predicted octanol–water partition coefficient (Wildman–Crippen LogP) is 10.9. The highest BCUT2D eigenvalue weighted by molar-refractivity contribution is 6.33. The predicted molar refractivity (Wildman–Crippen MR) is 182 cm³/mol. The van der Waals surface area contributed by atoms with E-state index < -0.39 is 5.90 Å². The Morgan fingerprint density at radius 1 is 0.660 bits per heavy atom. The third-order valence-electron chi connectivity index (χ3n) is 7.82. The van der Waals surface area contributed by atoms with E-state index in [0.29, 0.717) is 44.3 Å². The molecule has 47 heavy (non-hydrogen) atoms. The van der Waals surface area contributed by atoms with E-state index >= 15 is 0 Å². The first kappa shape index (κ1) is 29.5. The minimum Gasteiger partial charge on any atom is -0.508 e. The van der Waals surface area contributed by atoms with Gasteiger partial charge in [-0.2, -0.15) is 15.3 Å². The molecule has 0 aliphatic heterocycles. The lowest BCUT2D eigenvalue weighted by Crippen LogP contribution is -1.99. The summed E-state index contributed by atoms with van der Waals surface area (Å²) in [6.45, 7) is 1.85. The molecule has 0 radical (unpaired) electrons. The monoisotopic (exact) mass is 637 g/mol. The number of rotatable bonds is 6. The van der Waals surface area contributed by atoms with Crippen LogP contribution in [0.4, 0.5) is 28.4 Å². The average molecular weight is 638 g/mol. The van der Waals surface area contributed by atoms with Gasteiger partial charge in [-0.05, 0) is 95.7 Å². The van der Waals surface area contributed by atoms with Gasteiger partial charge >= 0.3 is 0 Å². The number of hydrogen-bond donors (Lipinski definition) is 3. The van der Waals surface area contributed by atoms with Gasteiger partial charge in [0.1, 0.15) is 11.4 Å². The number of aryl methyl sites for hydroxylation is 1. The molecule has 228 valence electrons. The Morgan fingerprint density at radius 3 is 2.13 bits per heavy atom. The molecule has 7 rings (SSSR count). The van der Waals surface area contributed by atoms with E-state index in [4.69, 9.17) is 11.6 Å². The van der Waals surface area contributed by atoms with Crippen molar-refractivity contribution in [3.05, 3.63) is 136 Å². The van der Waals surface area contributed by atoms with Crippen molar-refractivity contribution in [2.75, 3.05) is 0 Å². The fraction of sp³-hybridized carbons (Fsp3) is 0.0270. The Bertz CT molecular complexity index is 2350. The minimum atomic E-state index is -0.416. The number of aromatic hydroxyl groups is 2. The number of halogens is 1. The summed E-state index contributed by atoms with van der Waals surface area (Å²) in [6.07, 6.45) is 0. The topological polar surface area (TPSA) is 140 Å². The van der Waals surface area contributed by atoms with Crippen LogP contribution >= 0.6 is 11.6 Å². The smallest absolute Gasteiger partial charge is 0.222 e. The number of aliphatic hydroxyl groups is 1. The molecule has 6 aromatic rings. The van der Waals surface area contributed by atoms with Gasteiger partial charge in [0.2, 0.25) is 5.90 Å². The number of aliphatic imine (C=N–C) groups is 1. The number of carbonyl (C=O) groups excluding carboxylic acids is 1. The van der Waals surface area contributed by atoms with E-state index in [1.807, 2.05) is 31.2 Å². The largest absolute Gasteiger partial charge is 0.508 e. The highest BCUT2D eigenvalue weighted by Gasteiger charge is 2.27. The summed E-state index contributed by atoms with van der Waals surface area (Å²) >= 11 is 6.22. The fourth-order valence-corrected chi connectivity index (χ4v) is 5.63. The molecular formula is C37H24ClN5O4. The first-order valence-electron chi connectivity index (χ1n) is 14.5. The lowest BCUT2D eigenvalue weighted by molar-refractivity contribution is 0.104. The molecule has 0 bridgehead atoms. The molecule has 1 aliphatic rings. The molecule has 0 fully saturated rings. The summed E-state index contributed by atoms with van der Waals surface area (Å²) in [7, 11) is 0. The second kappa shape index (κ2) is 12.0. The number of hydrogen-bond acceptors (Lipinski definition) is 8. The Hall–Kier alpha value is -6.19. The molecule has 0 heterocycles. The van der Waals surface area contributed by atoms with Crippen LogP contribution in [-0.2, 0) is 0 Å². The van der Waals surface area contributed by atoms with E-state index in [2.05, 4.69) is 25.4 Å². The van der Waals surface area contributed by atoms with Gasteiger partial charge in [0.05, 0.1) is 33.3 Å². The quantitative estimate of drug-likeness (QED) is 0.0947. The Morgan fingerprint density at radius 2 is 1.34 bits per heavy atom. The maximum absolute atomic E-state index is 12.9. The molecule has 9 nitrogen and oxygen atoms in total. The first-order valence-corrected chi connectivity index (χ1v) is 14.9. The van der Waals surface area contributed by atoms with Crippen molar-refractivity contribution in [2.45, 2.75) is 6.92 Å². The second-order valence-corrected chi connectivity index (χ2v) is 11.3. The van der Waals surface area contributed by atoms with Crippen molar-refractivity contribution in [2.24, 2.45) is 25.4 Å². The zero-order valence-corrected chi connectivity index (χ0v) is 25.5. The minimum absolute atomic E-state index is 0.0418. The first-order chi connectivity index (χ1) is 22.8. The van der Waals surface area contributed by atoms with Gasteiger partial charge in [0.15, 0.2) is 11.5 Å². The number of phenols is 2. The molecule has 1 aliphatic carbocycles. The third-order valence-corrected chi connectivity index (χ3v) is 8.14. The van der Waals surface area contributed by atoms with Crippen LogP contribution in [0.3, 0.4) is 0 Å². The van der Waals surface area contributed by atoms with Crippen molar-refractivity contribution in [3.8, 4) is 22.6 Å². The van der Waals surface area contributed by atoms with Gasteiger partial charge in [-0.25, -0.2) is 4.99 Å². The van der Waals surface area contributed by atoms with Gasteiger partial charge in [-0.1, -0.05) is 54.1 Å². The van der Waals surface area contributed by atoms with Crippen molar-refractivity contribution in [1.29, 1.82) is 0 Å². The maximum atomic E-state index is 12.9. The zero-order valence-electron chi connectivity index (χ0n) is 24.8. The van der Waals surface area contributed by atoms with Gasteiger partial charge in [0, 0.05) is 16.5 Å². The molecule has 6 aromatic carbocycles. The van der Waals surface area contributed by atoms with Crippen LogP contribution in [0.5, 0.6) is 11.5 Å². The van der Waals surface area contributed by atoms with Crippen LogP contribution in [0, 0.1) is 6.92 Å². The van der Waals surface area contributed by atoms with Crippen molar-refractivity contribution < 1.29 is 20.1 Å². The van der Waals surface area contributed by atoms with Crippen molar-refractivity contribution in [1.82, 2.24) is 0 Å². The number of para-hydroxylation sites is 1. The lowest BCUT2D eigenvalue weighted by atomic mass is 10.0. The standard InChI is InChI=1S/C37H24ClN5O4/c1-20-16-22(40-41-23-10-13-26-27-14-12-24(44)19-29(27)35(45)28(26)18-23)11-15-32(20)42-43-34-25-7-3-2-6-21(25)17-30(36(34)46)37(47)39-33-9-5-4-8-31(33)38/h2-19,44,46H,1H3,(H,39,47). The van der Waals surface area contributed by atoms with Crippen LogP contribution in [0.15, 0.2) is 135 Å². The number of ketones is 1. The zero-order chi connectivity index (χ0) is 32.7. The van der Waals surface area contributed by atoms with Crippen LogP contribution < -0.4 is 0 Å². The molecule has 0 saturated carbocycles. The van der Waals surface area contributed by atoms with E-state index in [0.717, 1.165) is 22.1 Å². The number of nitrogens with zero attached hydrogens (tertiary/aromatic N) is 5. The highest BCUT2D eigenvalue weighted by Crippen LogP contribution is 2.42. The van der Waals surface area contributed by atoms with E-state index in [1.165, 1.54) is 6.07 Å². The summed E-state index contributed by atoms with van der Waals surface area (Å²) < 4.78 is 0. The average Bonchev–Trinajstić information content (AvgIpc) is 3.34. The van der Waals surface area contributed by atoms with Crippen LogP contribution in [0.2, 0.25) is 5.02 Å². The van der Waals surface area contributed by atoms with Crippen molar-refractivity contribution >= 4 is 62.5 Å². The van der Waals surface area contributed by atoms with Crippen LogP contribution in [0.25, 0.3) is 21.9 Å². The molecule has 0 unspecified atom stereocenters. The Balaban J connectivity index is 1.16. The Kier molecular flexibility index (Phi) is 7.51. The molecule has 0 aromatic heterocycles. The van der Waals surface area contributed by atoms with E-state index in [-0.39, 0.29) is 28.5 Å². The lowest BCUT2D eigenvalue weighted by Gasteiger charge is -2.10. The van der Waals surface area contributed by atoms with Gasteiger partial charge < -0.3 is 15.3 Å². The third kappa shape index (κ3) is 5.60. The summed E-state index contributed by atoms with van der Waals surface area (Å²) in [5, 5.41) is 51.1. The molecule has 3 N–H and O–H groups in total. The van der Waals surface area contributed by atoms with Crippen LogP contribution in [0.1, 0.15) is 27.0 Å².